The largest absolute Gasteiger partial charge is 0.493 e. The highest BCUT2D eigenvalue weighted by atomic mass is 16.5. The van der Waals surface area contributed by atoms with Gasteiger partial charge >= 0.3 is 0 Å². The van der Waals surface area contributed by atoms with Crippen LogP contribution in [0.3, 0.4) is 0 Å². The molecule has 0 atom stereocenters. The molecule has 0 aliphatic carbocycles. The molecule has 0 saturated carbocycles. The zero-order chi connectivity index (χ0) is 21.2. The molecule has 152 valence electrons. The van der Waals surface area contributed by atoms with Gasteiger partial charge in [-0.05, 0) is 56.5 Å². The monoisotopic (exact) mass is 394 g/mol. The third kappa shape index (κ3) is 4.26. The Kier molecular flexibility index (Phi) is 5.64. The lowest BCUT2D eigenvalue weighted by atomic mass is 10.0. The summed E-state index contributed by atoms with van der Waals surface area (Å²) in [5.41, 5.74) is 1.08. The first-order valence-electron chi connectivity index (χ1n) is 9.39. The van der Waals surface area contributed by atoms with E-state index in [2.05, 4.69) is 4.98 Å². The molecule has 3 rings (SSSR count). The average molecular weight is 394 g/mol. The van der Waals surface area contributed by atoms with Crippen LogP contribution in [-0.4, -0.2) is 35.5 Å². The maximum absolute atomic E-state index is 13.4. The van der Waals surface area contributed by atoms with Crippen LogP contribution in [0.25, 0.3) is 10.9 Å². The number of ether oxygens (including phenoxy) is 2. The van der Waals surface area contributed by atoms with Gasteiger partial charge in [0.05, 0.1) is 20.8 Å². The second-order valence-electron chi connectivity index (χ2n) is 7.84. The zero-order valence-electron chi connectivity index (χ0n) is 17.4. The standard InChI is InChI=1S/C23H26N2O4/c1-23(2,3)25(22(27)16-10-11-19(28-4)20(13-16)29-5)14-17-12-15-8-6-7-9-18(15)24-21(17)26/h6-13H,14H2,1-5H3,(H,24,26). The molecule has 1 N–H and O–H groups in total. The van der Waals surface area contributed by atoms with Crippen molar-refractivity contribution in [2.75, 3.05) is 14.2 Å². The lowest BCUT2D eigenvalue weighted by Gasteiger charge is -2.36. The first kappa shape index (κ1) is 20.5. The van der Waals surface area contributed by atoms with Crippen LogP contribution >= 0.6 is 0 Å². The number of fused-ring (bicyclic) bond motifs is 1. The molecule has 0 fully saturated rings. The summed E-state index contributed by atoms with van der Waals surface area (Å²) in [7, 11) is 3.08. The van der Waals surface area contributed by atoms with E-state index in [9.17, 15) is 9.59 Å². The van der Waals surface area contributed by atoms with Crippen LogP contribution in [0.4, 0.5) is 0 Å². The van der Waals surface area contributed by atoms with E-state index in [1.807, 2.05) is 51.1 Å². The van der Waals surface area contributed by atoms with Crippen molar-refractivity contribution >= 4 is 16.8 Å². The molecule has 6 nitrogen and oxygen atoms in total. The molecule has 0 saturated heterocycles. The molecule has 0 bridgehead atoms. The summed E-state index contributed by atoms with van der Waals surface area (Å²) >= 11 is 0. The summed E-state index contributed by atoms with van der Waals surface area (Å²) in [5.74, 6) is 0.846. The van der Waals surface area contributed by atoms with Gasteiger partial charge in [0, 0.05) is 22.2 Å². The van der Waals surface area contributed by atoms with Gasteiger partial charge in [-0.3, -0.25) is 9.59 Å². The smallest absolute Gasteiger partial charge is 0.254 e. The number of hydrogen-bond donors (Lipinski definition) is 1. The summed E-state index contributed by atoms with van der Waals surface area (Å²) in [5, 5.41) is 0.925. The lowest BCUT2D eigenvalue weighted by molar-refractivity contribution is 0.0557. The Bertz CT molecular complexity index is 1100. The van der Waals surface area contributed by atoms with Crippen molar-refractivity contribution < 1.29 is 14.3 Å². The minimum Gasteiger partial charge on any atom is -0.493 e. The van der Waals surface area contributed by atoms with Crippen LogP contribution in [0.5, 0.6) is 11.5 Å². The Labute approximate surface area is 170 Å². The van der Waals surface area contributed by atoms with E-state index in [1.165, 1.54) is 7.11 Å². The normalized spacial score (nSPS) is 11.3. The molecule has 0 spiro atoms. The van der Waals surface area contributed by atoms with Gasteiger partial charge in [-0.2, -0.15) is 0 Å². The molecule has 0 radical (unpaired) electrons. The van der Waals surface area contributed by atoms with Crippen molar-refractivity contribution in [1.29, 1.82) is 0 Å². The number of aromatic nitrogens is 1. The summed E-state index contributed by atoms with van der Waals surface area (Å²) in [6.07, 6.45) is 0. The number of H-pyrrole nitrogens is 1. The first-order chi connectivity index (χ1) is 13.7. The Morgan fingerprint density at radius 1 is 1.00 bits per heavy atom. The van der Waals surface area contributed by atoms with Crippen LogP contribution < -0.4 is 15.0 Å². The zero-order valence-corrected chi connectivity index (χ0v) is 17.4. The predicted molar refractivity (Wildman–Crippen MR) is 114 cm³/mol. The van der Waals surface area contributed by atoms with Crippen molar-refractivity contribution in [3.05, 3.63) is 70.0 Å². The SMILES string of the molecule is COc1ccc(C(=O)N(Cc2cc3ccccc3[nH]c2=O)C(C)(C)C)cc1OC. The quantitative estimate of drug-likeness (QED) is 0.710. The minimum atomic E-state index is -0.498. The summed E-state index contributed by atoms with van der Waals surface area (Å²) < 4.78 is 10.6. The Balaban J connectivity index is 2.00. The molecule has 2 aromatic carbocycles. The van der Waals surface area contributed by atoms with Crippen LogP contribution in [0.1, 0.15) is 36.7 Å². The van der Waals surface area contributed by atoms with E-state index >= 15 is 0 Å². The van der Waals surface area contributed by atoms with E-state index in [4.69, 9.17) is 9.47 Å². The molecule has 1 aromatic heterocycles. The van der Waals surface area contributed by atoms with Crippen molar-refractivity contribution in [1.82, 2.24) is 9.88 Å². The van der Waals surface area contributed by atoms with E-state index < -0.39 is 5.54 Å². The van der Waals surface area contributed by atoms with E-state index in [1.54, 1.807) is 30.2 Å². The minimum absolute atomic E-state index is 0.189. The number of nitrogens with one attached hydrogen (secondary N) is 1. The molecule has 0 aliphatic rings. The van der Waals surface area contributed by atoms with Gasteiger partial charge in [-0.15, -0.1) is 0 Å². The molecule has 0 aliphatic heterocycles. The van der Waals surface area contributed by atoms with Crippen LogP contribution in [0, 0.1) is 0 Å². The summed E-state index contributed by atoms with van der Waals surface area (Å²) in [6.45, 7) is 6.03. The molecule has 0 unspecified atom stereocenters. The topological polar surface area (TPSA) is 71.6 Å². The van der Waals surface area contributed by atoms with E-state index in [0.717, 1.165) is 10.9 Å². The molecule has 1 heterocycles. The molecule has 29 heavy (non-hydrogen) atoms. The number of amides is 1. The Hall–Kier alpha value is -3.28. The van der Waals surface area contributed by atoms with Gasteiger partial charge in [0.2, 0.25) is 0 Å². The maximum Gasteiger partial charge on any atom is 0.254 e. The van der Waals surface area contributed by atoms with Crippen LogP contribution in [-0.2, 0) is 6.54 Å². The molecular weight excluding hydrogens is 368 g/mol. The van der Waals surface area contributed by atoms with Crippen LogP contribution in [0.15, 0.2) is 53.3 Å². The number of rotatable bonds is 5. The van der Waals surface area contributed by atoms with Gasteiger partial charge in [-0.1, -0.05) is 18.2 Å². The highest BCUT2D eigenvalue weighted by Crippen LogP contribution is 2.29. The second kappa shape index (κ2) is 7.99. The molecule has 1 amide bonds. The highest BCUT2D eigenvalue weighted by Gasteiger charge is 2.29. The number of benzene rings is 2. The lowest BCUT2D eigenvalue weighted by Crippen LogP contribution is -2.46. The van der Waals surface area contributed by atoms with E-state index in [-0.39, 0.29) is 18.0 Å². The average Bonchev–Trinajstić information content (AvgIpc) is 2.70. The molecule has 3 aromatic rings. The fraction of sp³-hybridized carbons (Fsp3) is 0.304. The molecule has 6 heteroatoms. The van der Waals surface area contributed by atoms with Gasteiger partial charge < -0.3 is 19.4 Å². The number of aromatic amines is 1. The fourth-order valence-corrected chi connectivity index (χ4v) is 3.22. The van der Waals surface area contributed by atoms with Crippen molar-refractivity contribution in [2.24, 2.45) is 0 Å². The fourth-order valence-electron chi connectivity index (χ4n) is 3.22. The third-order valence-electron chi connectivity index (χ3n) is 4.84. The van der Waals surface area contributed by atoms with E-state index in [0.29, 0.717) is 22.6 Å². The Morgan fingerprint density at radius 3 is 2.34 bits per heavy atom. The van der Waals surface area contributed by atoms with Gasteiger partial charge in [0.15, 0.2) is 11.5 Å². The summed E-state index contributed by atoms with van der Waals surface area (Å²) in [6, 6.07) is 14.5. The number of carbonyl (C=O) groups is 1. The predicted octanol–water partition coefficient (Wildman–Crippen LogP) is 3.99. The van der Waals surface area contributed by atoms with Crippen molar-refractivity contribution in [3.63, 3.8) is 0 Å². The number of hydrogen-bond acceptors (Lipinski definition) is 4. The van der Waals surface area contributed by atoms with Gasteiger partial charge in [0.25, 0.3) is 11.5 Å². The molecular formula is C23H26N2O4. The second-order valence-corrected chi connectivity index (χ2v) is 7.84. The number of methoxy groups -OCH3 is 2. The third-order valence-corrected chi connectivity index (χ3v) is 4.84. The summed E-state index contributed by atoms with van der Waals surface area (Å²) in [4.78, 5) is 30.5. The van der Waals surface area contributed by atoms with Crippen molar-refractivity contribution in [3.8, 4) is 11.5 Å². The Morgan fingerprint density at radius 2 is 1.69 bits per heavy atom. The van der Waals surface area contributed by atoms with Crippen LogP contribution in [0.2, 0.25) is 0 Å². The maximum atomic E-state index is 13.4. The van der Waals surface area contributed by atoms with Gasteiger partial charge in [0.1, 0.15) is 0 Å². The first-order valence-corrected chi connectivity index (χ1v) is 9.39. The van der Waals surface area contributed by atoms with Gasteiger partial charge in [-0.25, -0.2) is 0 Å². The number of pyridine rings is 1. The highest BCUT2D eigenvalue weighted by molar-refractivity contribution is 5.95. The number of nitrogens with zero attached hydrogens (tertiary/aromatic N) is 1. The van der Waals surface area contributed by atoms with Crippen molar-refractivity contribution in [2.45, 2.75) is 32.9 Å². The number of carbonyl (C=O) groups excluding carboxylic acids is 1. The number of para-hydroxylation sites is 1.